The Morgan fingerprint density at radius 3 is 2.76 bits per heavy atom. The second kappa shape index (κ2) is 4.89. The van der Waals surface area contributed by atoms with Crippen molar-refractivity contribution in [3.63, 3.8) is 0 Å². The highest BCUT2D eigenvalue weighted by Crippen LogP contribution is 2.45. The minimum Gasteiger partial charge on any atom is -0.389 e. The summed E-state index contributed by atoms with van der Waals surface area (Å²) in [7, 11) is 0. The van der Waals surface area contributed by atoms with Gasteiger partial charge in [-0.3, -0.25) is 0 Å². The first-order chi connectivity index (χ1) is 7.97. The van der Waals surface area contributed by atoms with Crippen molar-refractivity contribution in [1.29, 1.82) is 0 Å². The van der Waals surface area contributed by atoms with Crippen LogP contribution >= 0.6 is 0 Å². The summed E-state index contributed by atoms with van der Waals surface area (Å²) in [6.07, 6.45) is 7.70. The van der Waals surface area contributed by atoms with E-state index in [4.69, 9.17) is 4.74 Å². The Bertz CT molecular complexity index is 266. The molecule has 1 N–H and O–H groups in total. The SMILES string of the molecule is CCC1(C)CC(O)(C2CCCC(C)C2)CCO1. The largest absolute Gasteiger partial charge is 0.389 e. The van der Waals surface area contributed by atoms with Crippen LogP contribution in [0.5, 0.6) is 0 Å². The minimum atomic E-state index is -0.461. The van der Waals surface area contributed by atoms with Gasteiger partial charge in [-0.25, -0.2) is 0 Å². The fourth-order valence-electron chi connectivity index (χ4n) is 3.76. The second-order valence-electron chi connectivity index (χ2n) is 6.65. The predicted octanol–water partition coefficient (Wildman–Crippen LogP) is 3.52. The average Bonchev–Trinajstić information content (AvgIpc) is 2.29. The zero-order valence-electron chi connectivity index (χ0n) is 11.7. The van der Waals surface area contributed by atoms with Crippen LogP contribution in [0.15, 0.2) is 0 Å². The standard InChI is InChI=1S/C15H28O2/c1-4-14(3)11-15(16,8-9-17-14)13-7-5-6-12(2)10-13/h12-13,16H,4-11H2,1-3H3. The van der Waals surface area contributed by atoms with Gasteiger partial charge in [0.1, 0.15) is 0 Å². The third-order valence-corrected chi connectivity index (χ3v) is 5.11. The first-order valence-electron chi connectivity index (χ1n) is 7.34. The Labute approximate surface area is 106 Å². The maximum absolute atomic E-state index is 11.0. The molecule has 0 amide bonds. The van der Waals surface area contributed by atoms with Crippen LogP contribution in [-0.4, -0.2) is 22.9 Å². The van der Waals surface area contributed by atoms with E-state index >= 15 is 0 Å². The zero-order valence-corrected chi connectivity index (χ0v) is 11.7. The van der Waals surface area contributed by atoms with Crippen molar-refractivity contribution in [3.8, 4) is 0 Å². The zero-order chi connectivity index (χ0) is 12.5. The number of ether oxygens (including phenoxy) is 1. The van der Waals surface area contributed by atoms with E-state index in [1.54, 1.807) is 0 Å². The first-order valence-corrected chi connectivity index (χ1v) is 7.34. The van der Waals surface area contributed by atoms with Crippen LogP contribution in [0.3, 0.4) is 0 Å². The lowest BCUT2D eigenvalue weighted by atomic mass is 9.67. The van der Waals surface area contributed by atoms with Crippen molar-refractivity contribution in [3.05, 3.63) is 0 Å². The molecule has 0 radical (unpaired) electrons. The summed E-state index contributed by atoms with van der Waals surface area (Å²) < 4.78 is 5.87. The van der Waals surface area contributed by atoms with Gasteiger partial charge in [-0.15, -0.1) is 0 Å². The minimum absolute atomic E-state index is 0.103. The number of hydrogen-bond acceptors (Lipinski definition) is 2. The maximum atomic E-state index is 11.0. The Balaban J connectivity index is 2.06. The van der Waals surface area contributed by atoms with Gasteiger partial charge in [0.2, 0.25) is 0 Å². The highest BCUT2D eigenvalue weighted by atomic mass is 16.5. The molecule has 17 heavy (non-hydrogen) atoms. The second-order valence-corrected chi connectivity index (χ2v) is 6.65. The van der Waals surface area contributed by atoms with Crippen LogP contribution in [0.2, 0.25) is 0 Å². The summed E-state index contributed by atoms with van der Waals surface area (Å²) in [5.41, 5.74) is -0.564. The van der Waals surface area contributed by atoms with E-state index in [2.05, 4.69) is 20.8 Å². The van der Waals surface area contributed by atoms with Crippen LogP contribution in [-0.2, 0) is 4.74 Å². The van der Waals surface area contributed by atoms with Gasteiger partial charge in [-0.1, -0.05) is 26.7 Å². The first kappa shape index (κ1) is 13.4. The molecule has 4 unspecified atom stereocenters. The molecule has 2 fully saturated rings. The molecule has 0 aromatic heterocycles. The van der Waals surface area contributed by atoms with Crippen molar-refractivity contribution < 1.29 is 9.84 Å². The molecule has 1 heterocycles. The fourth-order valence-corrected chi connectivity index (χ4v) is 3.76. The molecule has 2 heteroatoms. The lowest BCUT2D eigenvalue weighted by Gasteiger charge is -2.48. The van der Waals surface area contributed by atoms with Gasteiger partial charge in [-0.05, 0) is 44.4 Å². The molecule has 1 saturated heterocycles. The Morgan fingerprint density at radius 2 is 2.12 bits per heavy atom. The van der Waals surface area contributed by atoms with E-state index in [1.165, 1.54) is 25.7 Å². The molecule has 0 bridgehead atoms. The van der Waals surface area contributed by atoms with Crippen LogP contribution in [0.25, 0.3) is 0 Å². The summed E-state index contributed by atoms with van der Waals surface area (Å²) in [5, 5.41) is 11.0. The van der Waals surface area contributed by atoms with Crippen molar-refractivity contribution >= 4 is 0 Å². The van der Waals surface area contributed by atoms with Crippen molar-refractivity contribution in [2.45, 2.75) is 76.9 Å². The Hall–Kier alpha value is -0.0800. The quantitative estimate of drug-likeness (QED) is 0.800. The normalized spacial score (nSPS) is 48.0. The molecule has 0 aromatic carbocycles. The predicted molar refractivity (Wildman–Crippen MR) is 70.0 cm³/mol. The van der Waals surface area contributed by atoms with Gasteiger partial charge in [-0.2, -0.15) is 0 Å². The van der Waals surface area contributed by atoms with Crippen LogP contribution in [0.4, 0.5) is 0 Å². The Morgan fingerprint density at radius 1 is 1.35 bits per heavy atom. The summed E-state index contributed by atoms with van der Waals surface area (Å²) in [6, 6.07) is 0. The third-order valence-electron chi connectivity index (χ3n) is 5.11. The van der Waals surface area contributed by atoms with Crippen LogP contribution in [0.1, 0.15) is 65.7 Å². The van der Waals surface area contributed by atoms with E-state index in [0.29, 0.717) is 5.92 Å². The van der Waals surface area contributed by atoms with Crippen molar-refractivity contribution in [1.82, 2.24) is 0 Å². The van der Waals surface area contributed by atoms with Gasteiger partial charge in [0.05, 0.1) is 17.8 Å². The van der Waals surface area contributed by atoms with Gasteiger partial charge >= 0.3 is 0 Å². The van der Waals surface area contributed by atoms with E-state index in [1.807, 2.05) is 0 Å². The van der Waals surface area contributed by atoms with Crippen molar-refractivity contribution in [2.24, 2.45) is 11.8 Å². The van der Waals surface area contributed by atoms with E-state index in [9.17, 15) is 5.11 Å². The molecule has 100 valence electrons. The average molecular weight is 240 g/mol. The lowest BCUT2D eigenvalue weighted by molar-refractivity contribution is -0.179. The number of aliphatic hydroxyl groups is 1. The third kappa shape index (κ3) is 2.85. The smallest absolute Gasteiger partial charge is 0.0725 e. The molecule has 0 aromatic rings. The summed E-state index contributed by atoms with van der Waals surface area (Å²) >= 11 is 0. The molecule has 2 aliphatic rings. The van der Waals surface area contributed by atoms with E-state index < -0.39 is 5.60 Å². The molecule has 1 aliphatic heterocycles. The van der Waals surface area contributed by atoms with E-state index in [0.717, 1.165) is 31.8 Å². The molecule has 0 spiro atoms. The molecular weight excluding hydrogens is 212 g/mol. The van der Waals surface area contributed by atoms with Gasteiger partial charge in [0.25, 0.3) is 0 Å². The lowest BCUT2D eigenvalue weighted by Crippen LogP contribution is -2.52. The van der Waals surface area contributed by atoms with Crippen LogP contribution < -0.4 is 0 Å². The summed E-state index contributed by atoms with van der Waals surface area (Å²) in [5.74, 6) is 1.29. The molecule has 2 nitrogen and oxygen atoms in total. The molecule has 1 aliphatic carbocycles. The number of rotatable bonds is 2. The van der Waals surface area contributed by atoms with Gasteiger partial charge in [0, 0.05) is 6.42 Å². The topological polar surface area (TPSA) is 29.5 Å². The fraction of sp³-hybridized carbons (Fsp3) is 1.00. The highest BCUT2D eigenvalue weighted by Gasteiger charge is 2.46. The van der Waals surface area contributed by atoms with Crippen LogP contribution in [0, 0.1) is 11.8 Å². The maximum Gasteiger partial charge on any atom is 0.0725 e. The molecule has 2 rings (SSSR count). The van der Waals surface area contributed by atoms with Gasteiger partial charge < -0.3 is 9.84 Å². The highest BCUT2D eigenvalue weighted by molar-refractivity contribution is 4.97. The molecular formula is C15H28O2. The summed E-state index contributed by atoms with van der Waals surface area (Å²) in [4.78, 5) is 0. The summed E-state index contributed by atoms with van der Waals surface area (Å²) in [6.45, 7) is 7.37. The van der Waals surface area contributed by atoms with Gasteiger partial charge in [0.15, 0.2) is 0 Å². The van der Waals surface area contributed by atoms with Crippen molar-refractivity contribution in [2.75, 3.05) is 6.61 Å². The molecule has 1 saturated carbocycles. The van der Waals surface area contributed by atoms with E-state index in [-0.39, 0.29) is 5.60 Å². The number of hydrogen-bond donors (Lipinski definition) is 1. The molecule has 4 atom stereocenters. The Kier molecular flexibility index (Phi) is 3.84. The monoisotopic (exact) mass is 240 g/mol.